The first-order valence-corrected chi connectivity index (χ1v) is 6.57. The van der Waals surface area contributed by atoms with Crippen LogP contribution < -0.4 is 5.32 Å². The van der Waals surface area contributed by atoms with Crippen LogP contribution in [-0.4, -0.2) is 12.1 Å². The SMILES string of the molecule is CCCCC(CC)NC1CC1CCC. The number of hydrogen-bond donors (Lipinski definition) is 1. The summed E-state index contributed by atoms with van der Waals surface area (Å²) >= 11 is 0. The van der Waals surface area contributed by atoms with Gasteiger partial charge >= 0.3 is 0 Å². The van der Waals surface area contributed by atoms with Gasteiger partial charge in [-0.05, 0) is 31.6 Å². The van der Waals surface area contributed by atoms with Gasteiger partial charge in [0, 0.05) is 12.1 Å². The van der Waals surface area contributed by atoms with Crippen LogP contribution in [0.1, 0.15) is 65.7 Å². The maximum Gasteiger partial charge on any atom is 0.0102 e. The molecule has 0 aromatic rings. The quantitative estimate of drug-likeness (QED) is 0.625. The van der Waals surface area contributed by atoms with E-state index in [1.807, 2.05) is 0 Å². The highest BCUT2D eigenvalue weighted by atomic mass is 15.0. The molecule has 14 heavy (non-hydrogen) atoms. The molecule has 3 atom stereocenters. The molecule has 0 radical (unpaired) electrons. The number of rotatable bonds is 8. The molecule has 1 fully saturated rings. The fraction of sp³-hybridized carbons (Fsp3) is 1.00. The second-order valence-electron chi connectivity index (χ2n) is 4.81. The molecular weight excluding hydrogens is 170 g/mol. The Morgan fingerprint density at radius 2 is 2.00 bits per heavy atom. The van der Waals surface area contributed by atoms with Gasteiger partial charge in [-0.25, -0.2) is 0 Å². The molecule has 3 unspecified atom stereocenters. The van der Waals surface area contributed by atoms with Gasteiger partial charge in [0.25, 0.3) is 0 Å². The Hall–Kier alpha value is -0.0400. The molecule has 1 nitrogen and oxygen atoms in total. The minimum atomic E-state index is 0.793. The maximum absolute atomic E-state index is 3.81. The van der Waals surface area contributed by atoms with E-state index in [2.05, 4.69) is 26.1 Å². The molecule has 0 amide bonds. The predicted molar refractivity (Wildman–Crippen MR) is 63.5 cm³/mol. The molecule has 1 aliphatic rings. The van der Waals surface area contributed by atoms with Gasteiger partial charge in [0.1, 0.15) is 0 Å². The number of hydrogen-bond acceptors (Lipinski definition) is 1. The summed E-state index contributed by atoms with van der Waals surface area (Å²) in [4.78, 5) is 0. The van der Waals surface area contributed by atoms with Crippen molar-refractivity contribution in [3.8, 4) is 0 Å². The van der Waals surface area contributed by atoms with Crippen molar-refractivity contribution >= 4 is 0 Å². The van der Waals surface area contributed by atoms with Crippen molar-refractivity contribution in [3.05, 3.63) is 0 Å². The fourth-order valence-electron chi connectivity index (χ4n) is 2.30. The summed E-state index contributed by atoms with van der Waals surface area (Å²) in [6.45, 7) is 6.89. The third-order valence-electron chi connectivity index (χ3n) is 3.43. The molecule has 0 spiro atoms. The average molecular weight is 197 g/mol. The van der Waals surface area contributed by atoms with E-state index in [0.29, 0.717) is 0 Å². The van der Waals surface area contributed by atoms with Crippen molar-refractivity contribution < 1.29 is 0 Å². The first-order chi connectivity index (χ1) is 6.81. The number of unbranched alkanes of at least 4 members (excludes halogenated alkanes) is 1. The van der Waals surface area contributed by atoms with Gasteiger partial charge in [-0.3, -0.25) is 0 Å². The zero-order valence-corrected chi connectivity index (χ0v) is 10.2. The molecule has 0 aromatic carbocycles. The monoisotopic (exact) mass is 197 g/mol. The van der Waals surface area contributed by atoms with Crippen molar-refractivity contribution in [1.82, 2.24) is 5.32 Å². The standard InChI is InChI=1S/C13H27N/c1-4-7-9-12(6-3)14-13-10-11(13)8-5-2/h11-14H,4-10H2,1-3H3. The third-order valence-corrected chi connectivity index (χ3v) is 3.43. The van der Waals surface area contributed by atoms with Gasteiger partial charge in [-0.15, -0.1) is 0 Å². The Morgan fingerprint density at radius 3 is 2.57 bits per heavy atom. The van der Waals surface area contributed by atoms with Crippen LogP contribution in [0.25, 0.3) is 0 Å². The Bertz CT molecular complexity index is 144. The number of nitrogens with one attached hydrogen (secondary N) is 1. The molecule has 84 valence electrons. The molecular formula is C13H27N. The van der Waals surface area contributed by atoms with Crippen LogP contribution in [-0.2, 0) is 0 Å². The Kier molecular flexibility index (Phi) is 5.54. The molecule has 0 aliphatic heterocycles. The van der Waals surface area contributed by atoms with Crippen LogP contribution in [0.4, 0.5) is 0 Å². The summed E-state index contributed by atoms with van der Waals surface area (Å²) in [6.07, 6.45) is 9.63. The minimum absolute atomic E-state index is 0.793. The van der Waals surface area contributed by atoms with Crippen LogP contribution in [0, 0.1) is 5.92 Å². The molecule has 0 saturated heterocycles. The molecule has 1 aliphatic carbocycles. The first-order valence-electron chi connectivity index (χ1n) is 6.57. The van der Waals surface area contributed by atoms with Gasteiger partial charge in [0.2, 0.25) is 0 Å². The Balaban J connectivity index is 2.09. The molecule has 1 heteroatoms. The second-order valence-corrected chi connectivity index (χ2v) is 4.81. The van der Waals surface area contributed by atoms with Gasteiger partial charge in [-0.1, -0.05) is 40.0 Å². The lowest BCUT2D eigenvalue weighted by Gasteiger charge is -2.16. The summed E-state index contributed by atoms with van der Waals surface area (Å²) in [6, 6.07) is 1.67. The Morgan fingerprint density at radius 1 is 1.21 bits per heavy atom. The van der Waals surface area contributed by atoms with E-state index in [4.69, 9.17) is 0 Å². The Labute approximate surface area is 89.7 Å². The smallest absolute Gasteiger partial charge is 0.0102 e. The van der Waals surface area contributed by atoms with Crippen LogP contribution in [0.5, 0.6) is 0 Å². The van der Waals surface area contributed by atoms with Crippen LogP contribution in [0.15, 0.2) is 0 Å². The van der Waals surface area contributed by atoms with E-state index in [0.717, 1.165) is 18.0 Å². The zero-order valence-electron chi connectivity index (χ0n) is 10.2. The zero-order chi connectivity index (χ0) is 10.4. The van der Waals surface area contributed by atoms with E-state index in [-0.39, 0.29) is 0 Å². The van der Waals surface area contributed by atoms with Crippen molar-refractivity contribution in [1.29, 1.82) is 0 Å². The third kappa shape index (κ3) is 4.00. The van der Waals surface area contributed by atoms with Crippen LogP contribution in [0.2, 0.25) is 0 Å². The van der Waals surface area contributed by atoms with E-state index in [1.165, 1.54) is 44.9 Å². The molecule has 0 bridgehead atoms. The normalized spacial score (nSPS) is 27.6. The van der Waals surface area contributed by atoms with Gasteiger partial charge < -0.3 is 5.32 Å². The highest BCUT2D eigenvalue weighted by Crippen LogP contribution is 2.35. The lowest BCUT2D eigenvalue weighted by atomic mass is 10.1. The summed E-state index contributed by atoms with van der Waals surface area (Å²) in [7, 11) is 0. The van der Waals surface area contributed by atoms with E-state index < -0.39 is 0 Å². The van der Waals surface area contributed by atoms with Crippen molar-refractivity contribution in [2.75, 3.05) is 0 Å². The van der Waals surface area contributed by atoms with Crippen LogP contribution in [0.3, 0.4) is 0 Å². The summed E-state index contributed by atoms with van der Waals surface area (Å²) < 4.78 is 0. The summed E-state index contributed by atoms with van der Waals surface area (Å²) in [5.74, 6) is 1.01. The summed E-state index contributed by atoms with van der Waals surface area (Å²) in [5.41, 5.74) is 0. The van der Waals surface area contributed by atoms with E-state index >= 15 is 0 Å². The largest absolute Gasteiger partial charge is 0.311 e. The first kappa shape index (κ1) is 12.0. The predicted octanol–water partition coefficient (Wildman–Crippen LogP) is 3.73. The van der Waals surface area contributed by atoms with E-state index in [1.54, 1.807) is 0 Å². The molecule has 1 rings (SSSR count). The second kappa shape index (κ2) is 6.44. The molecule has 1 saturated carbocycles. The highest BCUT2D eigenvalue weighted by molar-refractivity contribution is 4.94. The molecule has 1 N–H and O–H groups in total. The van der Waals surface area contributed by atoms with Crippen molar-refractivity contribution in [2.24, 2.45) is 5.92 Å². The van der Waals surface area contributed by atoms with Gasteiger partial charge in [0.15, 0.2) is 0 Å². The molecule has 0 heterocycles. The van der Waals surface area contributed by atoms with Gasteiger partial charge in [0.05, 0.1) is 0 Å². The van der Waals surface area contributed by atoms with Crippen molar-refractivity contribution in [2.45, 2.75) is 77.8 Å². The fourth-order valence-corrected chi connectivity index (χ4v) is 2.30. The topological polar surface area (TPSA) is 12.0 Å². The lowest BCUT2D eigenvalue weighted by molar-refractivity contribution is 0.435. The van der Waals surface area contributed by atoms with E-state index in [9.17, 15) is 0 Å². The van der Waals surface area contributed by atoms with Crippen molar-refractivity contribution in [3.63, 3.8) is 0 Å². The average Bonchev–Trinajstić information content (AvgIpc) is 2.91. The maximum atomic E-state index is 3.81. The lowest BCUT2D eigenvalue weighted by Crippen LogP contribution is -2.31. The minimum Gasteiger partial charge on any atom is -0.311 e. The van der Waals surface area contributed by atoms with Gasteiger partial charge in [-0.2, -0.15) is 0 Å². The summed E-state index contributed by atoms with van der Waals surface area (Å²) in [5, 5.41) is 3.81. The van der Waals surface area contributed by atoms with Crippen LogP contribution >= 0.6 is 0 Å². The highest BCUT2D eigenvalue weighted by Gasteiger charge is 2.36. The molecule has 0 aromatic heterocycles.